The maximum Gasteiger partial charge on any atom is 0.307 e. The van der Waals surface area contributed by atoms with Gasteiger partial charge in [0.1, 0.15) is 18.1 Å². The van der Waals surface area contributed by atoms with Gasteiger partial charge in [-0.05, 0) is 35.2 Å². The monoisotopic (exact) mass is 490 g/mol. The van der Waals surface area contributed by atoms with Crippen LogP contribution in [0.1, 0.15) is 16.7 Å². The standard InChI is InChI=1S/C28H30N2O4S/c1-21-25(18-28(31)32)8-5-9-27(21)33-15-16-34-29-26(19-30-14-17-35-20-30)24-12-10-23(11-13-24)22-6-3-2-4-7-22/h2-13H,14-20H2,1H3,(H,31,32)/b29-26+. The molecule has 7 heteroatoms. The Bertz CT molecular complexity index is 1140. The van der Waals surface area contributed by atoms with E-state index >= 15 is 0 Å². The highest BCUT2D eigenvalue weighted by atomic mass is 32.2. The Balaban J connectivity index is 1.39. The van der Waals surface area contributed by atoms with E-state index in [1.807, 2.05) is 55.1 Å². The number of thioether (sulfide) groups is 1. The predicted octanol–water partition coefficient (Wildman–Crippen LogP) is 5.10. The van der Waals surface area contributed by atoms with Crippen molar-refractivity contribution in [1.82, 2.24) is 4.90 Å². The number of carboxylic acid groups (broad SMARTS) is 1. The van der Waals surface area contributed by atoms with Crippen molar-refractivity contribution in [2.75, 3.05) is 37.9 Å². The summed E-state index contributed by atoms with van der Waals surface area (Å²) in [5.41, 5.74) is 5.87. The van der Waals surface area contributed by atoms with Crippen LogP contribution in [-0.4, -0.2) is 59.6 Å². The van der Waals surface area contributed by atoms with Crippen LogP contribution in [-0.2, 0) is 16.1 Å². The quantitative estimate of drug-likeness (QED) is 0.229. The Morgan fingerprint density at radius 1 is 1.00 bits per heavy atom. The molecule has 3 aromatic rings. The molecular formula is C28H30N2O4S. The molecule has 1 aliphatic rings. The van der Waals surface area contributed by atoms with Gasteiger partial charge >= 0.3 is 5.97 Å². The van der Waals surface area contributed by atoms with Crippen LogP contribution in [0.5, 0.6) is 5.75 Å². The lowest BCUT2D eigenvalue weighted by Crippen LogP contribution is -2.28. The van der Waals surface area contributed by atoms with Crippen LogP contribution in [0.25, 0.3) is 11.1 Å². The molecule has 0 aromatic heterocycles. The molecule has 1 saturated heterocycles. The highest BCUT2D eigenvalue weighted by Gasteiger charge is 2.16. The molecule has 0 atom stereocenters. The second kappa shape index (κ2) is 12.4. The van der Waals surface area contributed by atoms with Gasteiger partial charge < -0.3 is 14.7 Å². The van der Waals surface area contributed by atoms with Crippen LogP contribution >= 0.6 is 11.8 Å². The zero-order chi connectivity index (χ0) is 24.5. The molecule has 0 aliphatic carbocycles. The number of benzene rings is 3. The van der Waals surface area contributed by atoms with E-state index in [0.717, 1.165) is 47.1 Å². The molecule has 0 amide bonds. The van der Waals surface area contributed by atoms with Gasteiger partial charge in [-0.1, -0.05) is 71.9 Å². The average molecular weight is 491 g/mol. The third-order valence-corrected chi connectivity index (χ3v) is 6.89. The van der Waals surface area contributed by atoms with E-state index in [2.05, 4.69) is 46.5 Å². The van der Waals surface area contributed by atoms with Gasteiger partial charge in [-0.3, -0.25) is 9.69 Å². The minimum Gasteiger partial charge on any atom is -0.490 e. The largest absolute Gasteiger partial charge is 0.490 e. The molecule has 1 N–H and O–H groups in total. The lowest BCUT2D eigenvalue weighted by Gasteiger charge is -2.16. The number of carboxylic acids is 1. The molecule has 6 nitrogen and oxygen atoms in total. The minimum absolute atomic E-state index is 0.0228. The van der Waals surface area contributed by atoms with Crippen LogP contribution in [0.2, 0.25) is 0 Å². The first-order valence-corrected chi connectivity index (χ1v) is 12.8. The number of ether oxygens (including phenoxy) is 1. The summed E-state index contributed by atoms with van der Waals surface area (Å²) in [4.78, 5) is 19.1. The van der Waals surface area contributed by atoms with E-state index < -0.39 is 5.97 Å². The maximum atomic E-state index is 11.0. The summed E-state index contributed by atoms with van der Waals surface area (Å²) in [6, 6.07) is 24.2. The van der Waals surface area contributed by atoms with Crippen LogP contribution < -0.4 is 4.74 Å². The maximum absolute atomic E-state index is 11.0. The van der Waals surface area contributed by atoms with E-state index in [0.29, 0.717) is 19.0 Å². The number of carbonyl (C=O) groups is 1. The summed E-state index contributed by atoms with van der Waals surface area (Å²) in [6.45, 7) is 4.26. The lowest BCUT2D eigenvalue weighted by atomic mass is 10.0. The highest BCUT2D eigenvalue weighted by molar-refractivity contribution is 7.99. The first kappa shape index (κ1) is 24.8. The molecule has 1 heterocycles. The molecular weight excluding hydrogens is 460 g/mol. The minimum atomic E-state index is -0.858. The molecule has 0 unspecified atom stereocenters. The SMILES string of the molecule is Cc1c(CC(=O)O)cccc1OCCO/N=C(\CN1CCSC1)c1ccc(-c2ccccc2)cc1. The molecule has 0 saturated carbocycles. The van der Waals surface area contributed by atoms with Crippen molar-refractivity contribution in [2.45, 2.75) is 13.3 Å². The topological polar surface area (TPSA) is 71.4 Å². The van der Waals surface area contributed by atoms with Crippen LogP contribution in [0.4, 0.5) is 0 Å². The summed E-state index contributed by atoms with van der Waals surface area (Å²) in [6.07, 6.45) is -0.0228. The molecule has 0 radical (unpaired) electrons. The van der Waals surface area contributed by atoms with Crippen molar-refractivity contribution in [3.05, 3.63) is 89.5 Å². The van der Waals surface area contributed by atoms with Crippen molar-refractivity contribution in [2.24, 2.45) is 5.16 Å². The fraction of sp³-hybridized carbons (Fsp3) is 0.286. The van der Waals surface area contributed by atoms with E-state index in [-0.39, 0.29) is 6.42 Å². The molecule has 1 aliphatic heterocycles. The summed E-state index contributed by atoms with van der Waals surface area (Å²) in [5.74, 6) is 1.94. The second-order valence-corrected chi connectivity index (χ2v) is 9.44. The van der Waals surface area contributed by atoms with Gasteiger partial charge in [-0.15, -0.1) is 11.8 Å². The molecule has 1 fully saturated rings. The van der Waals surface area contributed by atoms with Gasteiger partial charge in [0, 0.05) is 30.3 Å². The average Bonchev–Trinajstić information content (AvgIpc) is 3.39. The number of nitrogens with zero attached hydrogens (tertiary/aromatic N) is 2. The number of oxime groups is 1. The third-order valence-electron chi connectivity index (χ3n) is 5.87. The number of hydrogen-bond donors (Lipinski definition) is 1. The van der Waals surface area contributed by atoms with Gasteiger partial charge in [0.25, 0.3) is 0 Å². The molecule has 182 valence electrons. The van der Waals surface area contributed by atoms with Crippen LogP contribution in [0.3, 0.4) is 0 Å². The van der Waals surface area contributed by atoms with Gasteiger partial charge in [-0.25, -0.2) is 0 Å². The summed E-state index contributed by atoms with van der Waals surface area (Å²) >= 11 is 1.93. The van der Waals surface area contributed by atoms with Gasteiger partial charge in [0.15, 0.2) is 6.61 Å². The summed E-state index contributed by atoms with van der Waals surface area (Å²) < 4.78 is 5.84. The van der Waals surface area contributed by atoms with Crippen molar-refractivity contribution in [3.63, 3.8) is 0 Å². The van der Waals surface area contributed by atoms with Gasteiger partial charge in [0.2, 0.25) is 0 Å². The number of rotatable bonds is 11. The highest BCUT2D eigenvalue weighted by Crippen LogP contribution is 2.22. The molecule has 0 bridgehead atoms. The Morgan fingerprint density at radius 2 is 1.77 bits per heavy atom. The zero-order valence-electron chi connectivity index (χ0n) is 19.9. The fourth-order valence-electron chi connectivity index (χ4n) is 3.93. The third kappa shape index (κ3) is 7.10. The van der Waals surface area contributed by atoms with Crippen molar-refractivity contribution >= 4 is 23.4 Å². The lowest BCUT2D eigenvalue weighted by molar-refractivity contribution is -0.136. The van der Waals surface area contributed by atoms with E-state index in [4.69, 9.17) is 14.7 Å². The zero-order valence-corrected chi connectivity index (χ0v) is 20.7. The molecule has 0 spiro atoms. The second-order valence-electron chi connectivity index (χ2n) is 8.36. The van der Waals surface area contributed by atoms with Gasteiger partial charge in [0.05, 0.1) is 6.42 Å². The summed E-state index contributed by atoms with van der Waals surface area (Å²) in [7, 11) is 0. The first-order chi connectivity index (χ1) is 17.1. The Labute approximate surface area is 210 Å². The first-order valence-electron chi connectivity index (χ1n) is 11.7. The Hall–Kier alpha value is -3.29. The number of hydrogen-bond acceptors (Lipinski definition) is 6. The number of aliphatic carboxylic acids is 1. The Kier molecular flexibility index (Phi) is 8.81. The molecule has 3 aromatic carbocycles. The fourth-order valence-corrected chi connectivity index (χ4v) is 4.93. The van der Waals surface area contributed by atoms with Crippen molar-refractivity contribution < 1.29 is 19.5 Å². The van der Waals surface area contributed by atoms with E-state index in [1.54, 1.807) is 0 Å². The van der Waals surface area contributed by atoms with E-state index in [1.165, 1.54) is 11.1 Å². The van der Waals surface area contributed by atoms with Gasteiger partial charge in [-0.2, -0.15) is 0 Å². The molecule has 4 rings (SSSR count). The summed E-state index contributed by atoms with van der Waals surface area (Å²) in [5, 5.41) is 13.5. The van der Waals surface area contributed by atoms with Crippen LogP contribution in [0, 0.1) is 6.92 Å². The predicted molar refractivity (Wildman–Crippen MR) is 141 cm³/mol. The molecule has 35 heavy (non-hydrogen) atoms. The van der Waals surface area contributed by atoms with Crippen molar-refractivity contribution in [1.29, 1.82) is 0 Å². The Morgan fingerprint density at radius 3 is 2.49 bits per heavy atom. The van der Waals surface area contributed by atoms with Crippen LogP contribution in [0.15, 0.2) is 78.0 Å². The van der Waals surface area contributed by atoms with E-state index in [9.17, 15) is 4.79 Å². The van der Waals surface area contributed by atoms with Crippen molar-refractivity contribution in [3.8, 4) is 16.9 Å². The smallest absolute Gasteiger partial charge is 0.307 e. The normalized spacial score (nSPS) is 14.1.